The van der Waals surface area contributed by atoms with Gasteiger partial charge in [-0.15, -0.1) is 20.2 Å². The average molecular weight is 490 g/mol. The summed E-state index contributed by atoms with van der Waals surface area (Å²) in [6, 6.07) is 10.5. The maximum Gasteiger partial charge on any atom is 0.294 e. The first-order valence-corrected chi connectivity index (χ1v) is 10.4. The molecule has 10 nitrogen and oxygen atoms in total. The smallest absolute Gasteiger partial charge is 0.294 e. The number of halogens is 2. The lowest BCUT2D eigenvalue weighted by Crippen LogP contribution is -2.27. The molecule has 0 aliphatic heterocycles. The molecular formula is C18H17Cl2N3O7S. The van der Waals surface area contributed by atoms with E-state index in [1.165, 1.54) is 0 Å². The number of anilines is 2. The summed E-state index contributed by atoms with van der Waals surface area (Å²) in [7, 11) is 0. The molecule has 1 N–H and O–H groups in total. The zero-order valence-electron chi connectivity index (χ0n) is 16.1. The molecular weight excluding hydrogens is 473 g/mol. The fourth-order valence-electron chi connectivity index (χ4n) is 2.45. The van der Waals surface area contributed by atoms with Gasteiger partial charge in [-0.1, -0.05) is 53.2 Å². The van der Waals surface area contributed by atoms with Crippen molar-refractivity contribution in [1.29, 1.82) is 0 Å². The summed E-state index contributed by atoms with van der Waals surface area (Å²) in [4.78, 5) is 41.4. The first-order chi connectivity index (χ1) is 14.7. The number of thioether (sulfide) groups is 1. The second kappa shape index (κ2) is 11.6. The minimum Gasteiger partial charge on any atom is -0.353 e. The molecule has 0 aliphatic carbocycles. The highest BCUT2D eigenvalue weighted by Crippen LogP contribution is 2.35. The van der Waals surface area contributed by atoms with E-state index in [0.29, 0.717) is 27.0 Å². The van der Waals surface area contributed by atoms with Crippen LogP contribution in [0.2, 0.25) is 10.0 Å². The molecule has 0 heterocycles. The Balaban J connectivity index is 1.99. The Morgan fingerprint density at radius 2 is 1.94 bits per heavy atom. The van der Waals surface area contributed by atoms with Gasteiger partial charge in [0, 0.05) is 17.9 Å². The van der Waals surface area contributed by atoms with E-state index < -0.39 is 22.9 Å². The fourth-order valence-corrected chi connectivity index (χ4v) is 3.72. The van der Waals surface area contributed by atoms with Crippen LogP contribution in [0.3, 0.4) is 0 Å². The Bertz CT molecular complexity index is 977. The lowest BCUT2D eigenvalue weighted by Gasteiger charge is -2.14. The normalized spacial score (nSPS) is 11.5. The summed E-state index contributed by atoms with van der Waals surface area (Å²) in [6.07, 6.45) is -1.23. The Hall–Kier alpha value is -2.76. The molecule has 0 saturated carbocycles. The van der Waals surface area contributed by atoms with E-state index in [1.54, 1.807) is 36.4 Å². The predicted molar refractivity (Wildman–Crippen MR) is 117 cm³/mol. The Labute approximate surface area is 191 Å². The molecule has 0 radical (unpaired) electrons. The van der Waals surface area contributed by atoms with E-state index in [1.807, 2.05) is 6.92 Å². The molecule has 166 valence electrons. The number of rotatable bonds is 11. The van der Waals surface area contributed by atoms with Crippen LogP contribution in [0.4, 0.5) is 11.4 Å². The van der Waals surface area contributed by atoms with Crippen LogP contribution in [-0.2, 0) is 20.9 Å². The monoisotopic (exact) mass is 489 g/mol. The molecule has 0 bridgehead atoms. The van der Waals surface area contributed by atoms with Crippen LogP contribution in [0.25, 0.3) is 0 Å². The lowest BCUT2D eigenvalue weighted by molar-refractivity contribution is -0.788. The zero-order chi connectivity index (χ0) is 23.0. The van der Waals surface area contributed by atoms with Crippen molar-refractivity contribution in [1.82, 2.24) is 0 Å². The maximum atomic E-state index is 12.3. The summed E-state index contributed by atoms with van der Waals surface area (Å²) in [5.74, 6) is -0.180. The number of benzene rings is 2. The van der Waals surface area contributed by atoms with Crippen molar-refractivity contribution in [3.63, 3.8) is 0 Å². The molecule has 1 unspecified atom stereocenters. The lowest BCUT2D eigenvalue weighted by atomic mass is 10.1. The van der Waals surface area contributed by atoms with Crippen LogP contribution in [0, 0.1) is 27.2 Å². The second-order valence-electron chi connectivity index (χ2n) is 6.21. The van der Waals surface area contributed by atoms with Gasteiger partial charge in [0.05, 0.1) is 15.7 Å². The number of carbonyl (C=O) groups excluding carboxylic acids is 1. The largest absolute Gasteiger partial charge is 0.353 e. The van der Waals surface area contributed by atoms with Gasteiger partial charge in [0.1, 0.15) is 12.7 Å². The average Bonchev–Trinajstić information content (AvgIpc) is 2.70. The van der Waals surface area contributed by atoms with Gasteiger partial charge in [0.25, 0.3) is 10.2 Å². The van der Waals surface area contributed by atoms with Crippen LogP contribution in [0.1, 0.15) is 11.1 Å². The highest BCUT2D eigenvalue weighted by Gasteiger charge is 2.18. The van der Waals surface area contributed by atoms with Gasteiger partial charge in [-0.3, -0.25) is 4.79 Å². The Morgan fingerprint density at radius 3 is 2.61 bits per heavy atom. The van der Waals surface area contributed by atoms with Gasteiger partial charge in [0.15, 0.2) is 5.12 Å². The molecule has 2 rings (SSSR count). The molecule has 0 fully saturated rings. The number of nitrogens with zero attached hydrogens (tertiary/aromatic N) is 2. The van der Waals surface area contributed by atoms with E-state index in [0.717, 1.165) is 17.3 Å². The van der Waals surface area contributed by atoms with E-state index in [2.05, 4.69) is 15.0 Å². The number of hydrogen-bond donors (Lipinski definition) is 1. The molecule has 1 atom stereocenters. The maximum absolute atomic E-state index is 12.3. The summed E-state index contributed by atoms with van der Waals surface area (Å²) in [6.45, 7) is 1.19. The van der Waals surface area contributed by atoms with E-state index >= 15 is 0 Å². The van der Waals surface area contributed by atoms with Gasteiger partial charge < -0.3 is 15.0 Å². The molecule has 2 aromatic carbocycles. The van der Waals surface area contributed by atoms with Crippen LogP contribution >= 0.6 is 35.0 Å². The number of hydrogen-bond acceptors (Lipinski definition) is 9. The highest BCUT2D eigenvalue weighted by molar-refractivity contribution is 8.13. The number of aryl methyl sites for hydroxylation is 1. The summed E-state index contributed by atoms with van der Waals surface area (Å²) < 4.78 is 0. The SMILES string of the molecule is Cc1ccc(Cl)c(Nc2cccc(CC(=O)SCC(CO[N+](=O)[O-])O[N+](=O)[O-])c2)c1Cl. The van der Waals surface area contributed by atoms with Crippen molar-refractivity contribution in [3.8, 4) is 0 Å². The van der Waals surface area contributed by atoms with Crippen LogP contribution < -0.4 is 5.32 Å². The Morgan fingerprint density at radius 1 is 1.19 bits per heavy atom. The summed E-state index contributed by atoms with van der Waals surface area (Å²) in [5, 5.41) is 22.3. The Kier molecular flexibility index (Phi) is 9.16. The van der Waals surface area contributed by atoms with Crippen molar-refractivity contribution >= 4 is 51.5 Å². The van der Waals surface area contributed by atoms with Crippen LogP contribution in [0.5, 0.6) is 0 Å². The van der Waals surface area contributed by atoms with Gasteiger partial charge in [-0.25, -0.2) is 0 Å². The third-order valence-corrected chi connectivity index (χ3v) is 5.67. The van der Waals surface area contributed by atoms with E-state index in [-0.39, 0.29) is 17.3 Å². The molecule has 0 spiro atoms. The quantitative estimate of drug-likeness (QED) is 0.353. The van der Waals surface area contributed by atoms with Crippen molar-refractivity contribution in [2.75, 3.05) is 17.7 Å². The van der Waals surface area contributed by atoms with Crippen molar-refractivity contribution in [3.05, 3.63) is 77.8 Å². The number of nitrogens with one attached hydrogen (secondary N) is 1. The minimum absolute atomic E-state index is 0.0245. The molecule has 0 amide bonds. The third kappa shape index (κ3) is 8.12. The molecule has 0 aliphatic rings. The molecule has 2 aromatic rings. The van der Waals surface area contributed by atoms with E-state index in [9.17, 15) is 25.0 Å². The van der Waals surface area contributed by atoms with Crippen molar-refractivity contribution < 1.29 is 24.6 Å². The molecule has 13 heteroatoms. The molecule has 0 saturated heterocycles. The van der Waals surface area contributed by atoms with Crippen molar-refractivity contribution in [2.24, 2.45) is 0 Å². The zero-order valence-corrected chi connectivity index (χ0v) is 18.4. The first kappa shape index (κ1) is 24.5. The standard InChI is InChI=1S/C18H17Cl2N3O7S/c1-11-5-6-15(19)18(17(11)20)21-13-4-2-3-12(7-13)8-16(24)31-10-14(30-23(27)28)9-29-22(25)26/h2-7,14,21H,8-10H2,1H3. The van der Waals surface area contributed by atoms with Gasteiger partial charge in [0.2, 0.25) is 0 Å². The summed E-state index contributed by atoms with van der Waals surface area (Å²) >= 11 is 13.3. The summed E-state index contributed by atoms with van der Waals surface area (Å²) in [5.41, 5.74) is 2.74. The van der Waals surface area contributed by atoms with Gasteiger partial charge >= 0.3 is 0 Å². The fraction of sp³-hybridized carbons (Fsp3) is 0.278. The van der Waals surface area contributed by atoms with Gasteiger partial charge in [-0.05, 0) is 36.2 Å². The van der Waals surface area contributed by atoms with Crippen molar-refractivity contribution in [2.45, 2.75) is 19.4 Å². The van der Waals surface area contributed by atoms with Crippen LogP contribution in [-0.4, -0.2) is 33.8 Å². The third-order valence-electron chi connectivity index (χ3n) is 3.86. The predicted octanol–water partition coefficient (Wildman–Crippen LogP) is 4.63. The first-order valence-electron chi connectivity index (χ1n) is 8.70. The highest BCUT2D eigenvalue weighted by atomic mass is 35.5. The number of carbonyl (C=O) groups is 1. The van der Waals surface area contributed by atoms with Crippen LogP contribution in [0.15, 0.2) is 36.4 Å². The van der Waals surface area contributed by atoms with E-state index in [4.69, 9.17) is 23.2 Å². The molecule has 0 aromatic heterocycles. The topological polar surface area (TPSA) is 134 Å². The van der Waals surface area contributed by atoms with Gasteiger partial charge in [-0.2, -0.15) is 0 Å². The minimum atomic E-state index is -1.26. The second-order valence-corrected chi connectivity index (χ2v) is 8.07. The molecule has 31 heavy (non-hydrogen) atoms.